The van der Waals surface area contributed by atoms with E-state index >= 15 is 0 Å². The quantitative estimate of drug-likeness (QED) is 0.332. The molecule has 13 heteroatoms. The third-order valence-corrected chi connectivity index (χ3v) is 6.24. The number of alkyl halides is 3. The maximum atomic E-state index is 13.1. The minimum atomic E-state index is -4.68. The maximum absolute atomic E-state index is 13.1. The van der Waals surface area contributed by atoms with Crippen LogP contribution in [0.5, 0.6) is 0 Å². The summed E-state index contributed by atoms with van der Waals surface area (Å²) in [5.74, 6) is -1.44. The van der Waals surface area contributed by atoms with Crippen LogP contribution in [0.4, 0.5) is 30.2 Å². The van der Waals surface area contributed by atoms with Crippen molar-refractivity contribution < 1.29 is 27.7 Å². The summed E-state index contributed by atoms with van der Waals surface area (Å²) in [5, 5.41) is 18.0. The molecule has 3 aromatic rings. The Morgan fingerprint density at radius 3 is 2.42 bits per heavy atom. The molecule has 0 saturated carbocycles. The van der Waals surface area contributed by atoms with E-state index in [9.17, 15) is 32.9 Å². The fraction of sp³-hybridized carbons (Fsp3) is 0.150. The SMILES string of the molecule is CC(=O)Nc1ccc(C(F)(F)F)cc1NC(=O)c1ccc(Sc2nc(C)cs2)c([N+](=O)[O-])c1. The molecule has 0 bridgehead atoms. The fourth-order valence-corrected chi connectivity index (χ4v) is 4.56. The lowest BCUT2D eigenvalue weighted by molar-refractivity contribution is -0.387. The van der Waals surface area contributed by atoms with Gasteiger partial charge in [0.05, 0.1) is 26.8 Å². The topological polar surface area (TPSA) is 114 Å². The van der Waals surface area contributed by atoms with Crippen LogP contribution in [0.2, 0.25) is 0 Å². The number of anilines is 2. The van der Waals surface area contributed by atoms with Gasteiger partial charge in [0, 0.05) is 29.6 Å². The Bertz CT molecular complexity index is 1240. The largest absolute Gasteiger partial charge is 0.416 e. The molecule has 0 aliphatic rings. The van der Waals surface area contributed by atoms with Crippen LogP contribution in [-0.4, -0.2) is 21.7 Å². The first kappa shape index (κ1) is 24.2. The third kappa shape index (κ3) is 6.08. The molecule has 0 saturated heterocycles. The molecule has 0 atom stereocenters. The van der Waals surface area contributed by atoms with Crippen LogP contribution in [0.3, 0.4) is 0 Å². The zero-order valence-electron chi connectivity index (χ0n) is 17.0. The number of amides is 2. The maximum Gasteiger partial charge on any atom is 0.416 e. The minimum absolute atomic E-state index is 0.0512. The molecule has 1 aromatic heterocycles. The number of carbonyl (C=O) groups excluding carboxylic acids is 2. The monoisotopic (exact) mass is 496 g/mol. The van der Waals surface area contributed by atoms with E-state index in [1.54, 1.807) is 12.3 Å². The number of thiazole rings is 1. The van der Waals surface area contributed by atoms with Crippen LogP contribution in [0.1, 0.15) is 28.5 Å². The number of nitrogens with one attached hydrogen (secondary N) is 2. The Hall–Kier alpha value is -3.45. The normalized spacial score (nSPS) is 11.2. The molecule has 8 nitrogen and oxygen atoms in total. The Morgan fingerprint density at radius 1 is 1.12 bits per heavy atom. The molecule has 3 rings (SSSR count). The number of carbonyl (C=O) groups is 2. The summed E-state index contributed by atoms with van der Waals surface area (Å²) in [4.78, 5) is 39.5. The molecule has 33 heavy (non-hydrogen) atoms. The van der Waals surface area contributed by atoms with E-state index in [1.807, 2.05) is 0 Å². The fourth-order valence-electron chi connectivity index (χ4n) is 2.68. The van der Waals surface area contributed by atoms with E-state index in [0.29, 0.717) is 10.4 Å². The van der Waals surface area contributed by atoms with Crippen LogP contribution in [0.25, 0.3) is 0 Å². The van der Waals surface area contributed by atoms with Crippen molar-refractivity contribution in [1.29, 1.82) is 0 Å². The highest BCUT2D eigenvalue weighted by atomic mass is 32.2. The lowest BCUT2D eigenvalue weighted by atomic mass is 10.1. The molecule has 0 aliphatic heterocycles. The summed E-state index contributed by atoms with van der Waals surface area (Å²) < 4.78 is 39.9. The van der Waals surface area contributed by atoms with Crippen molar-refractivity contribution in [2.75, 3.05) is 10.6 Å². The van der Waals surface area contributed by atoms with Gasteiger partial charge in [-0.15, -0.1) is 11.3 Å². The number of rotatable bonds is 6. The van der Waals surface area contributed by atoms with Crippen molar-refractivity contribution in [3.05, 3.63) is 68.7 Å². The molecular weight excluding hydrogens is 481 g/mol. The Balaban J connectivity index is 1.93. The molecule has 2 N–H and O–H groups in total. The molecule has 0 radical (unpaired) electrons. The molecule has 0 spiro atoms. The standard InChI is InChI=1S/C20H15F3N4O4S2/c1-10-9-32-19(24-10)33-17-6-3-12(7-16(17)27(30)31)18(29)26-15-8-13(20(21,22)23)4-5-14(15)25-11(2)28/h3-9H,1-2H3,(H,25,28)(H,26,29). The molecule has 2 aromatic carbocycles. The van der Waals surface area contributed by atoms with Crippen LogP contribution < -0.4 is 10.6 Å². The molecule has 172 valence electrons. The Kier molecular flexibility index (Phi) is 7.03. The van der Waals surface area contributed by atoms with E-state index in [4.69, 9.17) is 0 Å². The van der Waals surface area contributed by atoms with Gasteiger partial charge in [-0.25, -0.2) is 4.98 Å². The van der Waals surface area contributed by atoms with Crippen molar-refractivity contribution in [1.82, 2.24) is 4.98 Å². The molecule has 2 amide bonds. The summed E-state index contributed by atoms with van der Waals surface area (Å²) in [6, 6.07) is 6.17. The van der Waals surface area contributed by atoms with E-state index < -0.39 is 28.5 Å². The highest BCUT2D eigenvalue weighted by Gasteiger charge is 2.31. The second-order valence-corrected chi connectivity index (χ2v) is 8.84. The van der Waals surface area contributed by atoms with Gasteiger partial charge in [-0.3, -0.25) is 19.7 Å². The highest BCUT2D eigenvalue weighted by molar-refractivity contribution is 8.01. The molecule has 0 aliphatic carbocycles. The number of aromatic nitrogens is 1. The summed E-state index contributed by atoms with van der Waals surface area (Å²) >= 11 is 2.37. The van der Waals surface area contributed by atoms with Crippen LogP contribution in [-0.2, 0) is 11.0 Å². The number of hydrogen-bond acceptors (Lipinski definition) is 7. The number of halogens is 3. The number of hydrogen-bond donors (Lipinski definition) is 2. The third-order valence-electron chi connectivity index (χ3n) is 4.12. The predicted octanol–water partition coefficient (Wildman–Crippen LogP) is 5.74. The second-order valence-electron chi connectivity index (χ2n) is 6.69. The first-order chi connectivity index (χ1) is 15.4. The van der Waals surface area contributed by atoms with Gasteiger partial charge >= 0.3 is 6.18 Å². The van der Waals surface area contributed by atoms with Crippen molar-refractivity contribution in [2.24, 2.45) is 0 Å². The molecule has 0 unspecified atom stereocenters. The van der Waals surface area contributed by atoms with Crippen molar-refractivity contribution in [3.8, 4) is 0 Å². The number of aryl methyl sites for hydroxylation is 1. The predicted molar refractivity (Wildman–Crippen MR) is 118 cm³/mol. The van der Waals surface area contributed by atoms with Crippen LogP contribution in [0, 0.1) is 17.0 Å². The van der Waals surface area contributed by atoms with Gasteiger partial charge in [-0.05, 0) is 37.3 Å². The zero-order valence-corrected chi connectivity index (χ0v) is 18.7. The lowest BCUT2D eigenvalue weighted by Gasteiger charge is -2.15. The summed E-state index contributed by atoms with van der Waals surface area (Å²) in [7, 11) is 0. The lowest BCUT2D eigenvalue weighted by Crippen LogP contribution is -2.16. The Labute approximate surface area is 193 Å². The minimum Gasteiger partial charge on any atom is -0.325 e. The van der Waals surface area contributed by atoms with Crippen LogP contribution >= 0.6 is 23.1 Å². The average molecular weight is 496 g/mol. The van der Waals surface area contributed by atoms with Gasteiger partial charge in [0.2, 0.25) is 5.91 Å². The van der Waals surface area contributed by atoms with Gasteiger partial charge in [-0.2, -0.15) is 13.2 Å². The van der Waals surface area contributed by atoms with Crippen LogP contribution in [0.15, 0.2) is 51.0 Å². The summed E-state index contributed by atoms with van der Waals surface area (Å²) in [6.45, 7) is 2.94. The van der Waals surface area contributed by atoms with Gasteiger partial charge in [0.15, 0.2) is 4.34 Å². The highest BCUT2D eigenvalue weighted by Crippen LogP contribution is 2.37. The van der Waals surface area contributed by atoms with E-state index in [0.717, 1.165) is 42.6 Å². The number of nitrogens with zero attached hydrogens (tertiary/aromatic N) is 2. The van der Waals surface area contributed by atoms with E-state index in [-0.39, 0.29) is 27.5 Å². The second kappa shape index (κ2) is 9.58. The van der Waals surface area contributed by atoms with Gasteiger partial charge in [0.25, 0.3) is 11.6 Å². The summed E-state index contributed by atoms with van der Waals surface area (Å²) in [5.41, 5.74) is -1.13. The van der Waals surface area contributed by atoms with Crippen molar-refractivity contribution in [2.45, 2.75) is 29.3 Å². The number of nitro groups is 1. The average Bonchev–Trinajstić information content (AvgIpc) is 3.12. The van der Waals surface area contributed by atoms with Gasteiger partial charge < -0.3 is 10.6 Å². The van der Waals surface area contributed by atoms with E-state index in [1.165, 1.54) is 23.5 Å². The van der Waals surface area contributed by atoms with Crippen molar-refractivity contribution in [3.63, 3.8) is 0 Å². The molecule has 1 heterocycles. The zero-order chi connectivity index (χ0) is 24.3. The van der Waals surface area contributed by atoms with E-state index in [2.05, 4.69) is 15.6 Å². The van der Waals surface area contributed by atoms with Crippen molar-refractivity contribution >= 4 is 52.0 Å². The van der Waals surface area contributed by atoms with Gasteiger partial charge in [0.1, 0.15) is 0 Å². The number of benzene rings is 2. The molecular formula is C20H15F3N4O4S2. The van der Waals surface area contributed by atoms with Gasteiger partial charge in [-0.1, -0.05) is 11.8 Å². The first-order valence-electron chi connectivity index (χ1n) is 9.12. The smallest absolute Gasteiger partial charge is 0.325 e. The first-order valence-corrected chi connectivity index (χ1v) is 10.8. The summed E-state index contributed by atoms with van der Waals surface area (Å²) in [6.07, 6.45) is -4.68. The number of nitro benzene ring substituents is 1. The molecule has 0 fully saturated rings. The Morgan fingerprint density at radius 2 is 1.85 bits per heavy atom.